The van der Waals surface area contributed by atoms with Crippen LogP contribution in [0.4, 0.5) is 0 Å². The second kappa shape index (κ2) is 11.5. The third kappa shape index (κ3) is 8.45. The predicted octanol–water partition coefficient (Wildman–Crippen LogP) is 2.39. The fraction of sp³-hybridized carbons (Fsp3) is 0.929. The van der Waals surface area contributed by atoms with Gasteiger partial charge in [0.25, 0.3) is 0 Å². The lowest BCUT2D eigenvalue weighted by molar-refractivity contribution is -0.122. The highest BCUT2D eigenvalue weighted by atomic mass is 35.5. The van der Waals surface area contributed by atoms with Crippen molar-refractivity contribution < 1.29 is 9.53 Å². The summed E-state index contributed by atoms with van der Waals surface area (Å²) in [6.45, 7) is 3.21. The molecule has 0 aromatic carbocycles. The number of amides is 1. The van der Waals surface area contributed by atoms with E-state index in [1.165, 1.54) is 38.5 Å². The van der Waals surface area contributed by atoms with Crippen molar-refractivity contribution in [3.8, 4) is 0 Å². The Morgan fingerprint density at radius 2 is 1.95 bits per heavy atom. The lowest BCUT2D eigenvalue weighted by atomic mass is 10.1. The number of hydrogen-bond acceptors (Lipinski definition) is 3. The molecule has 1 unspecified atom stereocenters. The summed E-state index contributed by atoms with van der Waals surface area (Å²) in [5, 5.41) is 2.83. The molecular formula is C14H29ClN2O2. The van der Waals surface area contributed by atoms with Gasteiger partial charge in [-0.25, -0.2) is 0 Å². The molecule has 1 rings (SSSR count). The van der Waals surface area contributed by atoms with E-state index in [0.717, 1.165) is 12.8 Å². The van der Waals surface area contributed by atoms with Crippen molar-refractivity contribution in [3.63, 3.8) is 0 Å². The molecule has 0 heterocycles. The zero-order valence-corrected chi connectivity index (χ0v) is 12.8. The summed E-state index contributed by atoms with van der Waals surface area (Å²) < 4.78 is 5.80. The quantitative estimate of drug-likeness (QED) is 0.559. The molecule has 0 spiro atoms. The summed E-state index contributed by atoms with van der Waals surface area (Å²) in [4.78, 5) is 11.5. The Balaban J connectivity index is 0.00000324. The van der Waals surface area contributed by atoms with Crippen LogP contribution in [0.25, 0.3) is 0 Å². The minimum atomic E-state index is -0.368. The Morgan fingerprint density at radius 3 is 2.53 bits per heavy atom. The van der Waals surface area contributed by atoms with Crippen molar-refractivity contribution >= 4 is 18.3 Å². The van der Waals surface area contributed by atoms with E-state index in [4.69, 9.17) is 10.5 Å². The van der Waals surface area contributed by atoms with Crippen LogP contribution in [0.15, 0.2) is 0 Å². The topological polar surface area (TPSA) is 64.4 Å². The molecule has 0 radical (unpaired) electrons. The van der Waals surface area contributed by atoms with Crippen molar-refractivity contribution in [2.45, 2.75) is 70.4 Å². The third-order valence-electron chi connectivity index (χ3n) is 3.49. The van der Waals surface area contributed by atoms with E-state index in [2.05, 4.69) is 5.32 Å². The lowest BCUT2D eigenvalue weighted by Crippen LogP contribution is -2.41. The van der Waals surface area contributed by atoms with Crippen LogP contribution < -0.4 is 11.1 Å². The summed E-state index contributed by atoms with van der Waals surface area (Å²) >= 11 is 0. The Hall–Kier alpha value is -0.320. The van der Waals surface area contributed by atoms with Crippen molar-refractivity contribution in [3.05, 3.63) is 0 Å². The first-order valence-corrected chi connectivity index (χ1v) is 7.39. The van der Waals surface area contributed by atoms with Crippen LogP contribution in [-0.4, -0.2) is 31.2 Å². The average molecular weight is 293 g/mol. The zero-order chi connectivity index (χ0) is 13.2. The predicted molar refractivity (Wildman–Crippen MR) is 80.6 cm³/mol. The van der Waals surface area contributed by atoms with Crippen LogP contribution in [-0.2, 0) is 9.53 Å². The Labute approximate surface area is 123 Å². The van der Waals surface area contributed by atoms with Crippen molar-refractivity contribution in [1.29, 1.82) is 0 Å². The summed E-state index contributed by atoms with van der Waals surface area (Å²) in [7, 11) is 0. The van der Waals surface area contributed by atoms with Gasteiger partial charge in [0, 0.05) is 6.54 Å². The number of carbonyl (C=O) groups is 1. The molecule has 0 aromatic heterocycles. The van der Waals surface area contributed by atoms with Gasteiger partial charge in [0.2, 0.25) is 5.91 Å². The fourth-order valence-corrected chi connectivity index (χ4v) is 2.38. The van der Waals surface area contributed by atoms with Gasteiger partial charge in [0.05, 0.1) is 18.8 Å². The zero-order valence-electron chi connectivity index (χ0n) is 12.0. The smallest absolute Gasteiger partial charge is 0.236 e. The van der Waals surface area contributed by atoms with Crippen LogP contribution >= 0.6 is 12.4 Å². The van der Waals surface area contributed by atoms with E-state index >= 15 is 0 Å². The molecule has 19 heavy (non-hydrogen) atoms. The number of ether oxygens (including phenoxy) is 1. The van der Waals surface area contributed by atoms with Gasteiger partial charge in [-0.15, -0.1) is 12.4 Å². The van der Waals surface area contributed by atoms with E-state index in [-0.39, 0.29) is 24.4 Å². The molecule has 114 valence electrons. The van der Waals surface area contributed by atoms with Crippen molar-refractivity contribution in [2.75, 3.05) is 13.2 Å². The summed E-state index contributed by atoms with van der Waals surface area (Å²) in [5.41, 5.74) is 5.72. The monoisotopic (exact) mass is 292 g/mol. The molecule has 1 aliphatic carbocycles. The first-order valence-electron chi connectivity index (χ1n) is 7.39. The average Bonchev–Trinajstić information content (AvgIpc) is 2.63. The van der Waals surface area contributed by atoms with Gasteiger partial charge in [0.15, 0.2) is 0 Å². The summed E-state index contributed by atoms with van der Waals surface area (Å²) in [5.74, 6) is -0.0543. The van der Waals surface area contributed by atoms with Gasteiger partial charge in [-0.2, -0.15) is 0 Å². The molecular weight excluding hydrogens is 264 g/mol. The summed E-state index contributed by atoms with van der Waals surface area (Å²) in [6.07, 6.45) is 9.64. The molecule has 4 nitrogen and oxygen atoms in total. The third-order valence-corrected chi connectivity index (χ3v) is 3.49. The van der Waals surface area contributed by atoms with E-state index in [1.807, 2.05) is 6.92 Å². The highest BCUT2D eigenvalue weighted by Gasteiger charge is 2.13. The normalized spacial score (nSPS) is 18.2. The van der Waals surface area contributed by atoms with E-state index < -0.39 is 0 Å². The van der Waals surface area contributed by atoms with Crippen molar-refractivity contribution in [1.82, 2.24) is 5.32 Å². The van der Waals surface area contributed by atoms with Gasteiger partial charge in [-0.1, -0.05) is 39.0 Å². The second-order valence-corrected chi connectivity index (χ2v) is 5.17. The largest absolute Gasteiger partial charge is 0.376 e. The molecule has 1 amide bonds. The maximum Gasteiger partial charge on any atom is 0.236 e. The Morgan fingerprint density at radius 1 is 1.32 bits per heavy atom. The second-order valence-electron chi connectivity index (χ2n) is 5.17. The van der Waals surface area contributed by atoms with Gasteiger partial charge in [-0.3, -0.25) is 4.79 Å². The number of carbonyl (C=O) groups excluding carboxylic acids is 1. The number of halogens is 1. The maximum atomic E-state index is 11.5. The van der Waals surface area contributed by atoms with Gasteiger partial charge >= 0.3 is 0 Å². The SMILES string of the molecule is CCCC(N)C(=O)NCCOC1CCCCCC1.Cl. The van der Waals surface area contributed by atoms with Gasteiger partial charge in [0.1, 0.15) is 0 Å². The van der Waals surface area contributed by atoms with Crippen LogP contribution in [0, 0.1) is 0 Å². The number of hydrogen-bond donors (Lipinski definition) is 2. The Bertz CT molecular complexity index is 231. The number of rotatable bonds is 7. The maximum absolute atomic E-state index is 11.5. The van der Waals surface area contributed by atoms with Crippen LogP contribution in [0.3, 0.4) is 0 Å². The number of nitrogens with one attached hydrogen (secondary N) is 1. The Kier molecular flexibility index (Phi) is 11.3. The first kappa shape index (κ1) is 18.7. The fourth-order valence-electron chi connectivity index (χ4n) is 2.38. The molecule has 3 N–H and O–H groups in total. The molecule has 1 fully saturated rings. The minimum absolute atomic E-state index is 0. The highest BCUT2D eigenvalue weighted by molar-refractivity contribution is 5.85. The molecule has 1 aliphatic rings. The molecule has 0 bridgehead atoms. The summed E-state index contributed by atoms with van der Waals surface area (Å²) in [6, 6.07) is -0.368. The molecule has 1 atom stereocenters. The lowest BCUT2D eigenvalue weighted by Gasteiger charge is -2.16. The van der Waals surface area contributed by atoms with Gasteiger partial charge < -0.3 is 15.8 Å². The first-order chi connectivity index (χ1) is 8.74. The van der Waals surface area contributed by atoms with Crippen LogP contribution in [0.5, 0.6) is 0 Å². The highest BCUT2D eigenvalue weighted by Crippen LogP contribution is 2.19. The molecule has 1 saturated carbocycles. The molecule has 0 aromatic rings. The molecule has 0 aliphatic heterocycles. The molecule has 0 saturated heterocycles. The van der Waals surface area contributed by atoms with E-state index in [9.17, 15) is 4.79 Å². The van der Waals surface area contributed by atoms with E-state index in [1.54, 1.807) is 0 Å². The number of nitrogens with two attached hydrogens (primary N) is 1. The van der Waals surface area contributed by atoms with Crippen LogP contribution in [0.2, 0.25) is 0 Å². The van der Waals surface area contributed by atoms with Crippen molar-refractivity contribution in [2.24, 2.45) is 5.73 Å². The minimum Gasteiger partial charge on any atom is -0.376 e. The molecule has 5 heteroatoms. The van der Waals surface area contributed by atoms with Crippen LogP contribution in [0.1, 0.15) is 58.3 Å². The van der Waals surface area contributed by atoms with Gasteiger partial charge in [-0.05, 0) is 19.3 Å². The van der Waals surface area contributed by atoms with E-state index in [0.29, 0.717) is 19.3 Å². The standard InChI is InChI=1S/C14H28N2O2.ClH/c1-2-7-13(15)14(17)16-10-11-18-12-8-5-3-4-6-9-12;/h12-13H,2-11,15H2,1H3,(H,16,17);1H.